The Kier molecular flexibility index (Phi) is 4.93. The van der Waals surface area contributed by atoms with Gasteiger partial charge in [-0.15, -0.1) is 0 Å². The molecule has 3 nitrogen and oxygen atoms in total. The number of nitrogens with zero attached hydrogens (tertiary/aromatic N) is 1. The number of nitrogens with one attached hydrogen (secondary N) is 1. The van der Waals surface area contributed by atoms with E-state index in [0.717, 1.165) is 44.6 Å². The van der Waals surface area contributed by atoms with E-state index in [2.05, 4.69) is 122 Å². The summed E-state index contributed by atoms with van der Waals surface area (Å²) in [7, 11) is 0. The summed E-state index contributed by atoms with van der Waals surface area (Å²) in [5, 5.41) is 6.02. The van der Waals surface area contributed by atoms with Gasteiger partial charge in [-0.3, -0.25) is 0 Å². The van der Waals surface area contributed by atoms with E-state index >= 15 is 0 Å². The molecule has 0 radical (unpaired) electrons. The predicted molar refractivity (Wildman–Crippen MR) is 165 cm³/mol. The molecule has 1 atom stereocenters. The van der Waals surface area contributed by atoms with Gasteiger partial charge >= 0.3 is 0 Å². The smallest absolute Gasteiger partial charge is 0.135 e. The molecule has 5 aromatic carbocycles. The zero-order chi connectivity index (χ0) is 26.8. The summed E-state index contributed by atoms with van der Waals surface area (Å²) in [5.41, 5.74) is 11.5. The van der Waals surface area contributed by atoms with Gasteiger partial charge < -0.3 is 9.73 Å². The molecule has 0 saturated carbocycles. The minimum atomic E-state index is -0.0779. The Morgan fingerprint density at radius 3 is 2.33 bits per heavy atom. The number of rotatable bonds is 3. The second-order valence-corrected chi connectivity index (χ2v) is 11.2. The number of amidine groups is 1. The number of furan rings is 1. The molecule has 1 aliphatic carbocycles. The Morgan fingerprint density at radius 2 is 1.43 bits per heavy atom. The van der Waals surface area contributed by atoms with Gasteiger partial charge in [-0.25, -0.2) is 4.99 Å². The van der Waals surface area contributed by atoms with Gasteiger partial charge in [-0.05, 0) is 52.1 Å². The van der Waals surface area contributed by atoms with Crippen molar-refractivity contribution in [1.82, 2.24) is 5.32 Å². The van der Waals surface area contributed by atoms with Crippen molar-refractivity contribution in [3.8, 4) is 11.1 Å². The van der Waals surface area contributed by atoms with Crippen LogP contribution in [-0.2, 0) is 5.41 Å². The van der Waals surface area contributed by atoms with Gasteiger partial charge in [-0.2, -0.15) is 0 Å². The summed E-state index contributed by atoms with van der Waals surface area (Å²) < 4.78 is 6.23. The van der Waals surface area contributed by atoms with Crippen LogP contribution in [0.1, 0.15) is 47.7 Å². The lowest BCUT2D eigenvalue weighted by molar-refractivity contribution is 0.660. The molecular weight excluding hydrogens is 488 g/mol. The zero-order valence-corrected chi connectivity index (χ0v) is 22.5. The average Bonchev–Trinajstić information content (AvgIpc) is 3.50. The summed E-state index contributed by atoms with van der Waals surface area (Å²) in [5.74, 6) is 0.871. The standard InChI is InChI=1S/C37H28N2O/c1-37(2)29-16-8-6-13-25(29)26-20-19-24(21-30(26)37)31-22-32(39-36(38-31)23-11-4-3-5-12-23)27-15-10-18-34-35(27)28-14-7-9-17-33(28)40-34/h3-22,32H,1-2H3,(H,38,39). The van der Waals surface area contributed by atoms with Crippen molar-refractivity contribution in [3.63, 3.8) is 0 Å². The molecule has 1 aromatic heterocycles. The Morgan fingerprint density at radius 1 is 0.675 bits per heavy atom. The second-order valence-electron chi connectivity index (χ2n) is 11.2. The van der Waals surface area contributed by atoms with Crippen molar-refractivity contribution >= 4 is 33.5 Å². The van der Waals surface area contributed by atoms with E-state index in [9.17, 15) is 0 Å². The molecule has 3 heteroatoms. The minimum Gasteiger partial charge on any atom is -0.456 e. The molecule has 1 unspecified atom stereocenters. The SMILES string of the molecule is CC1(C)c2ccccc2-c2ccc(C3=CC(c4cccc5oc6ccccc6c45)NC(c4ccccc4)=N3)cc21. The fraction of sp³-hybridized carbons (Fsp3) is 0.108. The molecule has 1 N–H and O–H groups in total. The van der Waals surface area contributed by atoms with Gasteiger partial charge in [0.2, 0.25) is 0 Å². The van der Waals surface area contributed by atoms with E-state index in [0.29, 0.717) is 0 Å². The van der Waals surface area contributed by atoms with Crippen LogP contribution in [0.4, 0.5) is 0 Å². The highest BCUT2D eigenvalue weighted by Crippen LogP contribution is 2.49. The maximum atomic E-state index is 6.23. The topological polar surface area (TPSA) is 37.5 Å². The van der Waals surface area contributed by atoms with E-state index in [4.69, 9.17) is 9.41 Å². The lowest BCUT2D eigenvalue weighted by Gasteiger charge is -2.26. The quantitative estimate of drug-likeness (QED) is 0.255. The number of hydrogen-bond donors (Lipinski definition) is 1. The fourth-order valence-electron chi connectivity index (χ4n) is 6.53. The average molecular weight is 517 g/mol. The summed E-state index contributed by atoms with van der Waals surface area (Å²) in [6.07, 6.45) is 2.26. The van der Waals surface area contributed by atoms with Crippen molar-refractivity contribution in [2.75, 3.05) is 0 Å². The maximum absolute atomic E-state index is 6.23. The van der Waals surface area contributed by atoms with Gasteiger partial charge in [0.05, 0.1) is 11.7 Å². The van der Waals surface area contributed by atoms with E-state index in [-0.39, 0.29) is 11.5 Å². The largest absolute Gasteiger partial charge is 0.456 e. The normalized spacial score (nSPS) is 17.2. The van der Waals surface area contributed by atoms with Crippen LogP contribution in [0.3, 0.4) is 0 Å². The van der Waals surface area contributed by atoms with Crippen LogP contribution >= 0.6 is 0 Å². The first-order valence-electron chi connectivity index (χ1n) is 13.9. The summed E-state index contributed by atoms with van der Waals surface area (Å²) in [4.78, 5) is 5.19. The highest BCUT2D eigenvalue weighted by Gasteiger charge is 2.35. The highest BCUT2D eigenvalue weighted by molar-refractivity contribution is 6.08. The van der Waals surface area contributed by atoms with Crippen LogP contribution in [0.25, 0.3) is 38.8 Å². The number of fused-ring (bicyclic) bond motifs is 6. The highest BCUT2D eigenvalue weighted by atomic mass is 16.3. The molecule has 2 aliphatic rings. The van der Waals surface area contributed by atoms with E-state index in [1.54, 1.807) is 0 Å². The zero-order valence-electron chi connectivity index (χ0n) is 22.5. The Bertz CT molecular complexity index is 2010. The van der Waals surface area contributed by atoms with Gasteiger partial charge in [0, 0.05) is 27.3 Å². The van der Waals surface area contributed by atoms with Gasteiger partial charge in [0.25, 0.3) is 0 Å². The molecule has 0 bridgehead atoms. The Hall–Kier alpha value is -4.89. The third kappa shape index (κ3) is 3.41. The molecule has 0 saturated heterocycles. The van der Waals surface area contributed by atoms with E-state index in [1.807, 2.05) is 18.2 Å². The maximum Gasteiger partial charge on any atom is 0.135 e. The molecule has 0 spiro atoms. The van der Waals surface area contributed by atoms with Crippen LogP contribution in [-0.4, -0.2) is 5.84 Å². The lowest BCUT2D eigenvalue weighted by Crippen LogP contribution is -2.31. The molecular formula is C37H28N2O. The van der Waals surface area contributed by atoms with Crippen LogP contribution < -0.4 is 5.32 Å². The van der Waals surface area contributed by atoms with Crippen molar-refractivity contribution in [3.05, 3.63) is 149 Å². The van der Waals surface area contributed by atoms with Gasteiger partial charge in [-0.1, -0.05) is 111 Å². The van der Waals surface area contributed by atoms with Crippen molar-refractivity contribution in [2.24, 2.45) is 4.99 Å². The fourth-order valence-corrected chi connectivity index (χ4v) is 6.53. The molecule has 2 heterocycles. The first-order chi connectivity index (χ1) is 19.6. The van der Waals surface area contributed by atoms with Crippen LogP contribution in [0, 0.1) is 0 Å². The minimum absolute atomic E-state index is 0.0674. The Labute approximate surface area is 233 Å². The van der Waals surface area contributed by atoms with E-state index in [1.165, 1.54) is 27.8 Å². The molecule has 0 amide bonds. The molecule has 192 valence electrons. The summed E-state index contributed by atoms with van der Waals surface area (Å²) >= 11 is 0. The van der Waals surface area contributed by atoms with Crippen molar-refractivity contribution in [1.29, 1.82) is 0 Å². The number of benzene rings is 5. The number of para-hydroxylation sites is 1. The third-order valence-corrected chi connectivity index (χ3v) is 8.55. The first-order valence-corrected chi connectivity index (χ1v) is 13.9. The molecule has 8 rings (SSSR count). The van der Waals surface area contributed by atoms with E-state index < -0.39 is 0 Å². The van der Waals surface area contributed by atoms with Crippen LogP contribution in [0.15, 0.2) is 131 Å². The third-order valence-electron chi connectivity index (χ3n) is 8.55. The number of hydrogen-bond acceptors (Lipinski definition) is 3. The monoisotopic (exact) mass is 516 g/mol. The van der Waals surface area contributed by atoms with Gasteiger partial charge in [0.1, 0.15) is 17.0 Å². The van der Waals surface area contributed by atoms with Crippen molar-refractivity contribution < 1.29 is 4.42 Å². The lowest BCUT2D eigenvalue weighted by atomic mass is 9.82. The predicted octanol–water partition coefficient (Wildman–Crippen LogP) is 9.02. The second kappa shape index (κ2) is 8.56. The molecule has 0 fully saturated rings. The number of aliphatic imine (C=N–C) groups is 1. The van der Waals surface area contributed by atoms with Crippen LogP contribution in [0.2, 0.25) is 0 Å². The summed E-state index contributed by atoms with van der Waals surface area (Å²) in [6.45, 7) is 4.65. The first kappa shape index (κ1) is 23.0. The molecule has 40 heavy (non-hydrogen) atoms. The molecule has 6 aromatic rings. The van der Waals surface area contributed by atoms with Crippen molar-refractivity contribution in [2.45, 2.75) is 25.3 Å². The van der Waals surface area contributed by atoms with Gasteiger partial charge in [0.15, 0.2) is 0 Å². The van der Waals surface area contributed by atoms with Crippen LogP contribution in [0.5, 0.6) is 0 Å². The molecule has 1 aliphatic heterocycles. The summed E-state index contributed by atoms with van der Waals surface area (Å²) in [6, 6.07) is 40.6. The Balaban J connectivity index is 1.31.